The molecule has 42 heavy (non-hydrogen) atoms. The first kappa shape index (κ1) is 29.0. The number of carbonyl (C=O) groups excluding carboxylic acids is 3. The molecule has 1 atom stereocenters. The molecule has 0 saturated heterocycles. The van der Waals surface area contributed by atoms with E-state index in [1.165, 1.54) is 4.90 Å². The Labute approximate surface area is 245 Å². The fourth-order valence-corrected chi connectivity index (χ4v) is 5.09. The molecular formula is C31H37N5O6. The lowest BCUT2D eigenvalue weighted by Crippen LogP contribution is -2.51. The fourth-order valence-electron chi connectivity index (χ4n) is 5.09. The van der Waals surface area contributed by atoms with Crippen LogP contribution in [0.2, 0.25) is 0 Å². The van der Waals surface area contributed by atoms with Crippen molar-refractivity contribution in [3.8, 4) is 28.6 Å². The summed E-state index contributed by atoms with van der Waals surface area (Å²) in [6.07, 6.45) is 4.67. The van der Waals surface area contributed by atoms with Gasteiger partial charge in [0, 0.05) is 37.6 Å². The van der Waals surface area contributed by atoms with Gasteiger partial charge in [0.25, 0.3) is 0 Å². The van der Waals surface area contributed by atoms with Crippen LogP contribution < -0.4 is 24.8 Å². The zero-order valence-electron chi connectivity index (χ0n) is 24.0. The first-order valence-corrected chi connectivity index (χ1v) is 14.3. The van der Waals surface area contributed by atoms with Gasteiger partial charge in [0.2, 0.25) is 24.5 Å². The van der Waals surface area contributed by atoms with Gasteiger partial charge in [-0.15, -0.1) is 0 Å². The van der Waals surface area contributed by atoms with Crippen LogP contribution in [-0.4, -0.2) is 71.2 Å². The summed E-state index contributed by atoms with van der Waals surface area (Å²) < 4.78 is 18.8. The Morgan fingerprint density at radius 1 is 1.07 bits per heavy atom. The number of hydrogen-bond acceptors (Lipinski definition) is 7. The van der Waals surface area contributed by atoms with E-state index in [1.54, 1.807) is 18.3 Å². The molecule has 3 amide bonds. The van der Waals surface area contributed by atoms with E-state index >= 15 is 0 Å². The first-order chi connectivity index (χ1) is 20.4. The summed E-state index contributed by atoms with van der Waals surface area (Å²) in [5.41, 5.74) is 1.66. The Morgan fingerprint density at radius 3 is 2.79 bits per heavy atom. The van der Waals surface area contributed by atoms with Gasteiger partial charge in [0.1, 0.15) is 17.6 Å². The largest absolute Gasteiger partial charge is 0.494 e. The molecule has 11 heteroatoms. The molecule has 0 aliphatic carbocycles. The zero-order valence-corrected chi connectivity index (χ0v) is 24.0. The molecule has 0 spiro atoms. The molecule has 2 bridgehead atoms. The standard InChI is InChI=1S/C31H37N5O6/c1-21(2)15-25-31(39)33-10-13-35-12-9-32-30(35)23-5-3-6-24(18-23)40-14-4-11-36(19-28(37)34-25)29(38)17-22-7-8-26-27(16-22)42-20-41-26/h3,5-9,12,16,18,21,25H,4,10-11,13-15,17,19-20H2,1-2H3,(H,33,39)(H,34,37)/t25-/m1/s1. The molecule has 11 nitrogen and oxygen atoms in total. The van der Waals surface area contributed by atoms with E-state index in [2.05, 4.69) is 15.6 Å². The highest BCUT2D eigenvalue weighted by Crippen LogP contribution is 2.32. The molecule has 0 unspecified atom stereocenters. The monoisotopic (exact) mass is 575 g/mol. The maximum absolute atomic E-state index is 13.4. The number of aromatic nitrogens is 2. The average Bonchev–Trinajstić information content (AvgIpc) is 3.63. The Kier molecular flexibility index (Phi) is 9.25. The minimum Gasteiger partial charge on any atom is -0.494 e. The Bertz CT molecular complexity index is 1420. The van der Waals surface area contributed by atoms with Gasteiger partial charge < -0.3 is 34.3 Å². The van der Waals surface area contributed by atoms with E-state index in [-0.39, 0.29) is 43.4 Å². The van der Waals surface area contributed by atoms with Gasteiger partial charge in [-0.3, -0.25) is 14.4 Å². The fraction of sp³-hybridized carbons (Fsp3) is 0.419. The van der Waals surface area contributed by atoms with Crippen LogP contribution in [0.25, 0.3) is 11.4 Å². The van der Waals surface area contributed by atoms with Crippen molar-refractivity contribution < 1.29 is 28.6 Å². The third kappa shape index (κ3) is 7.39. The van der Waals surface area contributed by atoms with Gasteiger partial charge in [-0.2, -0.15) is 0 Å². The molecule has 5 rings (SSSR count). The SMILES string of the molecule is CC(C)C[C@H]1NC(=O)CN(C(=O)Cc2ccc3c(c2)OCO3)CCCOc2cccc(c2)-c2nccn2CCNC1=O. The molecule has 2 aromatic carbocycles. The van der Waals surface area contributed by atoms with Crippen LogP contribution in [-0.2, 0) is 27.3 Å². The Hall–Kier alpha value is -4.54. The molecule has 3 aromatic rings. The topological polar surface area (TPSA) is 124 Å². The van der Waals surface area contributed by atoms with Gasteiger partial charge in [-0.1, -0.05) is 32.0 Å². The normalized spacial score (nSPS) is 17.9. The minimum atomic E-state index is -0.718. The number of benzene rings is 2. The number of nitrogens with one attached hydrogen (secondary N) is 2. The summed E-state index contributed by atoms with van der Waals surface area (Å²) in [6.45, 7) is 5.51. The average molecular weight is 576 g/mol. The number of hydrogen-bond donors (Lipinski definition) is 2. The van der Waals surface area contributed by atoms with E-state index in [1.807, 2.05) is 54.9 Å². The van der Waals surface area contributed by atoms with E-state index in [0.29, 0.717) is 56.3 Å². The van der Waals surface area contributed by atoms with Crippen molar-refractivity contribution >= 4 is 17.7 Å². The summed E-state index contributed by atoms with van der Waals surface area (Å²) in [7, 11) is 0. The van der Waals surface area contributed by atoms with Crippen molar-refractivity contribution in [2.45, 2.75) is 45.7 Å². The van der Waals surface area contributed by atoms with Crippen molar-refractivity contribution in [2.24, 2.45) is 5.92 Å². The van der Waals surface area contributed by atoms with Gasteiger partial charge in [0.05, 0.1) is 19.6 Å². The predicted molar refractivity (Wildman–Crippen MR) is 155 cm³/mol. The molecule has 0 saturated carbocycles. The molecule has 0 radical (unpaired) electrons. The number of carbonyl (C=O) groups is 3. The van der Waals surface area contributed by atoms with Crippen LogP contribution >= 0.6 is 0 Å². The lowest BCUT2D eigenvalue weighted by Gasteiger charge is -2.25. The summed E-state index contributed by atoms with van der Waals surface area (Å²) >= 11 is 0. The Balaban J connectivity index is 1.35. The number of rotatable bonds is 4. The highest BCUT2D eigenvalue weighted by atomic mass is 16.7. The minimum absolute atomic E-state index is 0.0926. The van der Waals surface area contributed by atoms with Crippen LogP contribution in [0.4, 0.5) is 0 Å². The smallest absolute Gasteiger partial charge is 0.242 e. The highest BCUT2D eigenvalue weighted by molar-refractivity contribution is 5.90. The van der Waals surface area contributed by atoms with Crippen LogP contribution in [0, 0.1) is 5.92 Å². The second-order valence-electron chi connectivity index (χ2n) is 10.9. The summed E-state index contributed by atoms with van der Waals surface area (Å²) in [5.74, 6) is 2.01. The molecule has 2 N–H and O–H groups in total. The van der Waals surface area contributed by atoms with E-state index in [4.69, 9.17) is 14.2 Å². The second-order valence-corrected chi connectivity index (χ2v) is 10.9. The van der Waals surface area contributed by atoms with Crippen LogP contribution in [0.1, 0.15) is 32.3 Å². The molecule has 3 heterocycles. The molecule has 222 valence electrons. The van der Waals surface area contributed by atoms with Gasteiger partial charge in [0.15, 0.2) is 11.5 Å². The molecular weight excluding hydrogens is 538 g/mol. The zero-order chi connectivity index (χ0) is 29.5. The first-order valence-electron chi connectivity index (χ1n) is 14.3. The summed E-state index contributed by atoms with van der Waals surface area (Å²) in [4.78, 5) is 45.8. The molecule has 1 aromatic heterocycles. The van der Waals surface area contributed by atoms with Crippen LogP contribution in [0.3, 0.4) is 0 Å². The summed E-state index contributed by atoms with van der Waals surface area (Å²) in [6, 6.07) is 12.3. The third-order valence-electron chi connectivity index (χ3n) is 7.14. The number of amides is 3. The number of fused-ring (bicyclic) bond motifs is 5. The quantitative estimate of drug-likeness (QED) is 0.490. The maximum Gasteiger partial charge on any atom is 0.242 e. The van der Waals surface area contributed by atoms with Gasteiger partial charge in [-0.25, -0.2) is 4.98 Å². The van der Waals surface area contributed by atoms with Crippen molar-refractivity contribution in [3.05, 3.63) is 60.4 Å². The predicted octanol–water partition coefficient (Wildman–Crippen LogP) is 2.78. The molecule has 0 fully saturated rings. The van der Waals surface area contributed by atoms with Gasteiger partial charge in [-0.05, 0) is 48.6 Å². The van der Waals surface area contributed by atoms with E-state index in [0.717, 1.165) is 17.0 Å². The lowest BCUT2D eigenvalue weighted by molar-refractivity contribution is -0.136. The van der Waals surface area contributed by atoms with Crippen molar-refractivity contribution in [1.29, 1.82) is 0 Å². The summed E-state index contributed by atoms with van der Waals surface area (Å²) in [5, 5.41) is 5.83. The van der Waals surface area contributed by atoms with Crippen LogP contribution in [0.15, 0.2) is 54.9 Å². The molecule has 2 aliphatic heterocycles. The second kappa shape index (κ2) is 13.4. The highest BCUT2D eigenvalue weighted by Gasteiger charge is 2.25. The number of nitrogens with zero attached hydrogens (tertiary/aromatic N) is 3. The van der Waals surface area contributed by atoms with Crippen molar-refractivity contribution in [1.82, 2.24) is 25.1 Å². The Morgan fingerprint density at radius 2 is 1.93 bits per heavy atom. The number of imidazole rings is 1. The van der Waals surface area contributed by atoms with E-state index in [9.17, 15) is 14.4 Å². The van der Waals surface area contributed by atoms with Gasteiger partial charge >= 0.3 is 0 Å². The maximum atomic E-state index is 13.4. The molecule has 2 aliphatic rings. The lowest BCUT2D eigenvalue weighted by atomic mass is 10.0. The van der Waals surface area contributed by atoms with Crippen molar-refractivity contribution in [2.75, 3.05) is 33.0 Å². The van der Waals surface area contributed by atoms with Crippen LogP contribution in [0.5, 0.6) is 17.2 Å². The van der Waals surface area contributed by atoms with Crippen molar-refractivity contribution in [3.63, 3.8) is 0 Å². The number of ether oxygens (including phenoxy) is 3. The third-order valence-corrected chi connectivity index (χ3v) is 7.14. The van der Waals surface area contributed by atoms with E-state index < -0.39 is 6.04 Å².